The average molecular weight is 328 g/mol. The number of ether oxygens (including phenoxy) is 1. The number of hydrogen-bond acceptors (Lipinski definition) is 6. The van der Waals surface area contributed by atoms with Crippen LogP contribution in [-0.2, 0) is 4.74 Å². The van der Waals surface area contributed by atoms with Crippen LogP contribution >= 0.6 is 0 Å². The number of nitrogens with one attached hydrogen (secondary N) is 1. The molecule has 2 rings (SSSR count). The molecule has 0 bridgehead atoms. The van der Waals surface area contributed by atoms with Gasteiger partial charge in [0, 0.05) is 11.3 Å². The molecule has 0 unspecified atom stereocenters. The Balaban J connectivity index is 2.52. The Morgan fingerprint density at radius 2 is 1.72 bits per heavy atom. The van der Waals surface area contributed by atoms with Crippen molar-refractivity contribution in [3.8, 4) is 29.3 Å². The topological polar surface area (TPSA) is 110 Å². The highest BCUT2D eigenvalue weighted by atomic mass is 16.5. The maximum absolute atomic E-state index is 11.7. The summed E-state index contributed by atoms with van der Waals surface area (Å²) in [7, 11) is 1.31. The van der Waals surface area contributed by atoms with Gasteiger partial charge < -0.3 is 10.1 Å². The van der Waals surface area contributed by atoms with Crippen molar-refractivity contribution in [3.63, 3.8) is 0 Å². The molecule has 0 amide bonds. The van der Waals surface area contributed by atoms with Crippen molar-refractivity contribution in [2.75, 3.05) is 12.4 Å². The van der Waals surface area contributed by atoms with Crippen molar-refractivity contribution >= 4 is 11.7 Å². The van der Waals surface area contributed by atoms with E-state index in [0.717, 1.165) is 5.56 Å². The van der Waals surface area contributed by atoms with E-state index in [1.807, 2.05) is 6.07 Å². The highest BCUT2D eigenvalue weighted by Crippen LogP contribution is 2.29. The van der Waals surface area contributed by atoms with Crippen LogP contribution in [0.15, 0.2) is 59.8 Å². The molecule has 0 heterocycles. The lowest BCUT2D eigenvalue weighted by molar-refractivity contribution is 0.0601. The lowest BCUT2D eigenvalue weighted by Gasteiger charge is -2.12. The predicted octanol–water partition coefficient (Wildman–Crippen LogP) is 3.38. The Morgan fingerprint density at radius 1 is 1.00 bits per heavy atom. The van der Waals surface area contributed by atoms with Crippen molar-refractivity contribution in [3.05, 3.63) is 65.4 Å². The van der Waals surface area contributed by atoms with E-state index in [4.69, 9.17) is 15.3 Å². The van der Waals surface area contributed by atoms with Gasteiger partial charge in [-0.2, -0.15) is 15.8 Å². The molecule has 0 radical (unpaired) electrons. The summed E-state index contributed by atoms with van der Waals surface area (Å²) in [5.41, 5.74) is 1.90. The van der Waals surface area contributed by atoms with E-state index in [-0.39, 0.29) is 11.3 Å². The number of para-hydroxylation sites is 1. The SMILES string of the molecule is COC(=O)c1cccc(-c2ccccc2NC(C#N)=C(C#N)C#N)c1. The third kappa shape index (κ3) is 3.82. The van der Waals surface area contributed by atoms with E-state index in [1.54, 1.807) is 60.7 Å². The Bertz CT molecular complexity index is 956. The summed E-state index contributed by atoms with van der Waals surface area (Å²) in [4.78, 5) is 11.7. The number of hydrogen-bond donors (Lipinski definition) is 1. The number of nitrogens with zero attached hydrogens (tertiary/aromatic N) is 3. The van der Waals surface area contributed by atoms with E-state index >= 15 is 0 Å². The van der Waals surface area contributed by atoms with Gasteiger partial charge in [0.1, 0.15) is 23.9 Å². The van der Waals surface area contributed by atoms with Crippen LogP contribution in [0, 0.1) is 34.0 Å². The average Bonchev–Trinajstić information content (AvgIpc) is 2.67. The first-order valence-electron chi connectivity index (χ1n) is 7.14. The number of benzene rings is 2. The molecule has 0 saturated heterocycles. The lowest BCUT2D eigenvalue weighted by atomic mass is 10.0. The Hall–Kier alpha value is -4.08. The van der Waals surface area contributed by atoms with Crippen LogP contribution in [0.2, 0.25) is 0 Å². The van der Waals surface area contributed by atoms with Crippen LogP contribution in [-0.4, -0.2) is 13.1 Å². The fraction of sp³-hybridized carbons (Fsp3) is 0.0526. The molecule has 0 fully saturated rings. The summed E-state index contributed by atoms with van der Waals surface area (Å²) < 4.78 is 4.72. The van der Waals surface area contributed by atoms with E-state index in [1.165, 1.54) is 7.11 Å². The van der Waals surface area contributed by atoms with E-state index in [9.17, 15) is 10.1 Å². The van der Waals surface area contributed by atoms with Crippen molar-refractivity contribution in [2.45, 2.75) is 0 Å². The standard InChI is InChI=1S/C19H12N4O2/c1-25-19(24)14-6-4-5-13(9-14)16-7-2-3-8-17(16)23-18(12-22)15(10-20)11-21/h2-9,23H,1H3. The number of esters is 1. The van der Waals surface area contributed by atoms with Crippen LogP contribution in [0.5, 0.6) is 0 Å². The minimum absolute atomic E-state index is 0.137. The fourth-order valence-corrected chi connectivity index (χ4v) is 2.19. The Kier molecular flexibility index (Phi) is 5.50. The molecule has 0 aromatic heterocycles. The molecule has 0 aliphatic rings. The summed E-state index contributed by atoms with van der Waals surface area (Å²) >= 11 is 0. The molecule has 1 N–H and O–H groups in total. The van der Waals surface area contributed by atoms with Gasteiger partial charge in [0.2, 0.25) is 0 Å². The number of nitriles is 3. The summed E-state index contributed by atoms with van der Waals surface area (Å²) in [6.45, 7) is 0. The van der Waals surface area contributed by atoms with Gasteiger partial charge in [0.05, 0.1) is 12.7 Å². The van der Waals surface area contributed by atoms with Crippen molar-refractivity contribution in [1.82, 2.24) is 0 Å². The maximum Gasteiger partial charge on any atom is 0.337 e. The molecular formula is C19H12N4O2. The second kappa shape index (κ2) is 7.97. The van der Waals surface area contributed by atoms with Crippen molar-refractivity contribution in [2.24, 2.45) is 0 Å². The third-order valence-corrected chi connectivity index (χ3v) is 3.37. The number of carbonyl (C=O) groups excluding carboxylic acids is 1. The van der Waals surface area contributed by atoms with Crippen LogP contribution in [0.1, 0.15) is 10.4 Å². The van der Waals surface area contributed by atoms with Gasteiger partial charge >= 0.3 is 5.97 Å². The first-order chi connectivity index (χ1) is 12.1. The highest BCUT2D eigenvalue weighted by Gasteiger charge is 2.12. The van der Waals surface area contributed by atoms with Crippen LogP contribution in [0.4, 0.5) is 5.69 Å². The summed E-state index contributed by atoms with van der Waals surface area (Å²) in [6, 6.07) is 19.1. The van der Waals surface area contributed by atoms with Crippen molar-refractivity contribution < 1.29 is 9.53 Å². The summed E-state index contributed by atoms with van der Waals surface area (Å²) in [6.07, 6.45) is 0. The minimum atomic E-state index is -0.457. The van der Waals surface area contributed by atoms with E-state index < -0.39 is 5.97 Å². The van der Waals surface area contributed by atoms with Crippen molar-refractivity contribution in [1.29, 1.82) is 15.8 Å². The molecule has 2 aromatic carbocycles. The molecule has 6 nitrogen and oxygen atoms in total. The molecule has 25 heavy (non-hydrogen) atoms. The number of rotatable bonds is 4. The number of anilines is 1. The Labute approximate surface area is 144 Å². The quantitative estimate of drug-likeness (QED) is 0.680. The van der Waals surface area contributed by atoms with E-state index in [2.05, 4.69) is 5.32 Å². The largest absolute Gasteiger partial charge is 0.465 e. The Morgan fingerprint density at radius 3 is 2.36 bits per heavy atom. The molecule has 0 aliphatic heterocycles. The zero-order chi connectivity index (χ0) is 18.2. The smallest absolute Gasteiger partial charge is 0.337 e. The highest BCUT2D eigenvalue weighted by molar-refractivity contribution is 5.92. The molecule has 120 valence electrons. The lowest BCUT2D eigenvalue weighted by Crippen LogP contribution is -2.03. The monoisotopic (exact) mass is 328 g/mol. The third-order valence-electron chi connectivity index (χ3n) is 3.37. The van der Waals surface area contributed by atoms with Gasteiger partial charge in [-0.25, -0.2) is 4.79 Å². The predicted molar refractivity (Wildman–Crippen MR) is 90.7 cm³/mol. The zero-order valence-corrected chi connectivity index (χ0v) is 13.3. The van der Waals surface area contributed by atoms with Gasteiger partial charge in [-0.3, -0.25) is 0 Å². The van der Waals surface area contributed by atoms with Crippen LogP contribution in [0.25, 0.3) is 11.1 Å². The van der Waals surface area contributed by atoms with Gasteiger partial charge in [-0.15, -0.1) is 0 Å². The molecule has 0 saturated carbocycles. The summed E-state index contributed by atoms with van der Waals surface area (Å²) in [5, 5.41) is 29.9. The maximum atomic E-state index is 11.7. The number of allylic oxidation sites excluding steroid dienone is 2. The second-order valence-corrected chi connectivity index (χ2v) is 4.83. The van der Waals surface area contributed by atoms with Gasteiger partial charge in [-0.05, 0) is 23.8 Å². The number of carbonyl (C=O) groups is 1. The van der Waals surface area contributed by atoms with Gasteiger partial charge in [-0.1, -0.05) is 30.3 Å². The summed E-state index contributed by atoms with van der Waals surface area (Å²) in [5.74, 6) is -0.457. The molecular weight excluding hydrogens is 316 g/mol. The van der Waals surface area contributed by atoms with Crippen LogP contribution in [0.3, 0.4) is 0 Å². The zero-order valence-electron chi connectivity index (χ0n) is 13.3. The van der Waals surface area contributed by atoms with Gasteiger partial charge in [0.25, 0.3) is 0 Å². The molecule has 0 spiro atoms. The number of methoxy groups -OCH3 is 1. The minimum Gasteiger partial charge on any atom is -0.465 e. The molecule has 0 atom stereocenters. The first kappa shape index (κ1) is 17.3. The molecule has 0 aliphatic carbocycles. The normalized spacial score (nSPS) is 9.04. The van der Waals surface area contributed by atoms with E-state index in [0.29, 0.717) is 16.8 Å². The molecule has 6 heteroatoms. The van der Waals surface area contributed by atoms with Crippen LogP contribution < -0.4 is 5.32 Å². The second-order valence-electron chi connectivity index (χ2n) is 4.83. The van der Waals surface area contributed by atoms with Gasteiger partial charge in [0.15, 0.2) is 5.57 Å². The fourth-order valence-electron chi connectivity index (χ4n) is 2.19. The molecule has 2 aromatic rings. The first-order valence-corrected chi connectivity index (χ1v) is 7.14.